The van der Waals surface area contributed by atoms with Gasteiger partial charge in [0, 0.05) is 12.2 Å². The van der Waals surface area contributed by atoms with Crippen molar-refractivity contribution in [1.82, 2.24) is 0 Å². The number of anilines is 1. The van der Waals surface area contributed by atoms with Crippen molar-refractivity contribution in [3.8, 4) is 0 Å². The van der Waals surface area contributed by atoms with Gasteiger partial charge in [0.1, 0.15) is 0 Å². The Morgan fingerprint density at radius 2 is 1.82 bits per heavy atom. The second-order valence-electron chi connectivity index (χ2n) is 6.44. The summed E-state index contributed by atoms with van der Waals surface area (Å²) in [5, 5.41) is 3.60. The lowest BCUT2D eigenvalue weighted by atomic mass is 9.66. The lowest BCUT2D eigenvalue weighted by Crippen LogP contribution is -2.38. The average molecular weight is 231 g/mol. The highest BCUT2D eigenvalue weighted by Gasteiger charge is 2.49. The van der Waals surface area contributed by atoms with Gasteiger partial charge in [0.05, 0.1) is 0 Å². The van der Waals surface area contributed by atoms with Crippen LogP contribution in [0.3, 0.4) is 0 Å². The molecule has 0 radical (unpaired) electrons. The maximum atomic E-state index is 3.60. The minimum Gasteiger partial charge on any atom is -0.384 e. The molecule has 1 N–H and O–H groups in total. The van der Waals surface area contributed by atoms with Gasteiger partial charge < -0.3 is 5.32 Å². The van der Waals surface area contributed by atoms with Crippen molar-refractivity contribution >= 4 is 5.69 Å². The molecule has 1 fully saturated rings. The van der Waals surface area contributed by atoms with E-state index < -0.39 is 0 Å². The van der Waals surface area contributed by atoms with E-state index >= 15 is 0 Å². The number of para-hydroxylation sites is 1. The van der Waals surface area contributed by atoms with Crippen LogP contribution in [0.15, 0.2) is 30.3 Å². The Kier molecular flexibility index (Phi) is 3.20. The van der Waals surface area contributed by atoms with Gasteiger partial charge in [0.15, 0.2) is 0 Å². The Balaban J connectivity index is 2.04. The van der Waals surface area contributed by atoms with Gasteiger partial charge in [0.2, 0.25) is 0 Å². The maximum Gasteiger partial charge on any atom is 0.0340 e. The van der Waals surface area contributed by atoms with Crippen LogP contribution in [0.5, 0.6) is 0 Å². The van der Waals surface area contributed by atoms with E-state index in [0.29, 0.717) is 10.8 Å². The van der Waals surface area contributed by atoms with Gasteiger partial charge in [-0.2, -0.15) is 0 Å². The topological polar surface area (TPSA) is 12.0 Å². The number of benzene rings is 1. The SMILES string of the molecule is CC1CCC(C)(CNc2ccccc2)C1(C)C. The first-order valence-corrected chi connectivity index (χ1v) is 6.75. The zero-order chi connectivity index (χ0) is 12.5. The summed E-state index contributed by atoms with van der Waals surface area (Å²) in [5.41, 5.74) is 2.07. The number of hydrogen-bond donors (Lipinski definition) is 1. The summed E-state index contributed by atoms with van der Waals surface area (Å²) < 4.78 is 0. The Hall–Kier alpha value is -0.980. The van der Waals surface area contributed by atoms with Gasteiger partial charge in [-0.05, 0) is 41.7 Å². The van der Waals surface area contributed by atoms with Crippen molar-refractivity contribution in [3.63, 3.8) is 0 Å². The fraction of sp³-hybridized carbons (Fsp3) is 0.625. The molecule has 1 aromatic carbocycles. The van der Waals surface area contributed by atoms with Gasteiger partial charge in [0.25, 0.3) is 0 Å². The molecule has 1 aliphatic rings. The van der Waals surface area contributed by atoms with E-state index in [9.17, 15) is 0 Å². The molecule has 17 heavy (non-hydrogen) atoms. The summed E-state index contributed by atoms with van der Waals surface area (Å²) in [6, 6.07) is 10.5. The maximum absolute atomic E-state index is 3.60. The molecule has 0 aromatic heterocycles. The summed E-state index contributed by atoms with van der Waals surface area (Å²) in [6.07, 6.45) is 2.70. The third kappa shape index (κ3) is 2.20. The minimum atomic E-state index is 0.405. The number of hydrogen-bond acceptors (Lipinski definition) is 1. The smallest absolute Gasteiger partial charge is 0.0340 e. The minimum absolute atomic E-state index is 0.405. The van der Waals surface area contributed by atoms with E-state index in [2.05, 4.69) is 63.3 Å². The molecule has 1 aromatic rings. The van der Waals surface area contributed by atoms with Crippen LogP contribution in [0.25, 0.3) is 0 Å². The van der Waals surface area contributed by atoms with E-state index in [4.69, 9.17) is 0 Å². The highest BCUT2D eigenvalue weighted by molar-refractivity contribution is 5.42. The average Bonchev–Trinajstić information content (AvgIpc) is 2.53. The summed E-state index contributed by atoms with van der Waals surface area (Å²) in [7, 11) is 0. The molecule has 1 aliphatic carbocycles. The van der Waals surface area contributed by atoms with Crippen molar-refractivity contribution in [2.45, 2.75) is 40.5 Å². The lowest BCUT2D eigenvalue weighted by molar-refractivity contribution is 0.109. The van der Waals surface area contributed by atoms with Crippen molar-refractivity contribution in [3.05, 3.63) is 30.3 Å². The summed E-state index contributed by atoms with van der Waals surface area (Å²) >= 11 is 0. The van der Waals surface area contributed by atoms with Crippen molar-refractivity contribution < 1.29 is 0 Å². The van der Waals surface area contributed by atoms with Crippen LogP contribution in [0, 0.1) is 16.7 Å². The largest absolute Gasteiger partial charge is 0.384 e. The first-order valence-electron chi connectivity index (χ1n) is 6.75. The molecule has 1 nitrogen and oxygen atoms in total. The monoisotopic (exact) mass is 231 g/mol. The van der Waals surface area contributed by atoms with Crippen LogP contribution in [0.4, 0.5) is 5.69 Å². The molecule has 2 atom stereocenters. The lowest BCUT2D eigenvalue weighted by Gasteiger charge is -2.41. The van der Waals surface area contributed by atoms with Crippen LogP contribution in [-0.4, -0.2) is 6.54 Å². The Labute approximate surface area is 106 Å². The molecular weight excluding hydrogens is 206 g/mol. The molecule has 0 bridgehead atoms. The molecule has 0 saturated heterocycles. The van der Waals surface area contributed by atoms with Gasteiger partial charge in [-0.15, -0.1) is 0 Å². The van der Waals surface area contributed by atoms with Crippen molar-refractivity contribution in [1.29, 1.82) is 0 Å². The van der Waals surface area contributed by atoms with E-state index in [0.717, 1.165) is 12.5 Å². The first-order chi connectivity index (χ1) is 7.96. The van der Waals surface area contributed by atoms with Gasteiger partial charge in [-0.1, -0.05) is 45.9 Å². The molecule has 0 spiro atoms. The Morgan fingerprint density at radius 1 is 1.18 bits per heavy atom. The zero-order valence-corrected chi connectivity index (χ0v) is 11.6. The molecule has 0 aliphatic heterocycles. The van der Waals surface area contributed by atoms with Crippen LogP contribution < -0.4 is 5.32 Å². The molecule has 0 amide bonds. The standard InChI is InChI=1S/C16H25N/c1-13-10-11-16(4,15(13,2)3)12-17-14-8-6-5-7-9-14/h5-9,13,17H,10-12H2,1-4H3. The van der Waals surface area contributed by atoms with Crippen LogP contribution in [-0.2, 0) is 0 Å². The fourth-order valence-corrected chi connectivity index (χ4v) is 2.98. The molecule has 0 heterocycles. The Bertz CT molecular complexity index is 368. The summed E-state index contributed by atoms with van der Waals surface area (Å²) in [5.74, 6) is 0.824. The second-order valence-corrected chi connectivity index (χ2v) is 6.44. The van der Waals surface area contributed by atoms with E-state index in [1.54, 1.807) is 0 Å². The predicted octanol–water partition coefficient (Wildman–Crippen LogP) is 4.56. The van der Waals surface area contributed by atoms with E-state index in [1.165, 1.54) is 18.5 Å². The van der Waals surface area contributed by atoms with E-state index in [-0.39, 0.29) is 0 Å². The number of rotatable bonds is 3. The van der Waals surface area contributed by atoms with Gasteiger partial charge in [-0.25, -0.2) is 0 Å². The molecular formula is C16H25N. The third-order valence-electron chi connectivity index (χ3n) is 5.37. The van der Waals surface area contributed by atoms with Crippen molar-refractivity contribution in [2.24, 2.45) is 16.7 Å². The molecule has 94 valence electrons. The highest BCUT2D eigenvalue weighted by atomic mass is 14.9. The fourth-order valence-electron chi connectivity index (χ4n) is 2.98. The quantitative estimate of drug-likeness (QED) is 0.804. The van der Waals surface area contributed by atoms with Crippen LogP contribution in [0.1, 0.15) is 40.5 Å². The predicted molar refractivity (Wildman–Crippen MR) is 75.2 cm³/mol. The molecule has 1 saturated carbocycles. The van der Waals surface area contributed by atoms with E-state index in [1.807, 2.05) is 0 Å². The zero-order valence-electron chi connectivity index (χ0n) is 11.6. The highest BCUT2D eigenvalue weighted by Crippen LogP contribution is 2.55. The van der Waals surface area contributed by atoms with Gasteiger partial charge >= 0.3 is 0 Å². The van der Waals surface area contributed by atoms with Crippen LogP contribution in [0.2, 0.25) is 0 Å². The molecule has 1 heteroatoms. The normalized spacial score (nSPS) is 31.4. The molecule has 2 rings (SSSR count). The van der Waals surface area contributed by atoms with Crippen molar-refractivity contribution in [2.75, 3.05) is 11.9 Å². The molecule has 2 unspecified atom stereocenters. The second kappa shape index (κ2) is 4.36. The Morgan fingerprint density at radius 3 is 2.35 bits per heavy atom. The number of nitrogens with one attached hydrogen (secondary N) is 1. The van der Waals surface area contributed by atoms with Gasteiger partial charge in [-0.3, -0.25) is 0 Å². The first kappa shape index (κ1) is 12.5. The summed E-state index contributed by atoms with van der Waals surface area (Å²) in [6.45, 7) is 10.8. The summed E-state index contributed by atoms with van der Waals surface area (Å²) in [4.78, 5) is 0. The third-order valence-corrected chi connectivity index (χ3v) is 5.37. The van der Waals surface area contributed by atoms with Crippen LogP contribution >= 0.6 is 0 Å².